The lowest BCUT2D eigenvalue weighted by atomic mass is 10.1. The van der Waals surface area contributed by atoms with Gasteiger partial charge in [-0.25, -0.2) is 0 Å². The minimum absolute atomic E-state index is 0.134. The summed E-state index contributed by atoms with van der Waals surface area (Å²) in [6.45, 7) is 5.06. The minimum Gasteiger partial charge on any atom is -0.379 e. The second-order valence-corrected chi connectivity index (χ2v) is 11.4. The van der Waals surface area contributed by atoms with Gasteiger partial charge in [0.15, 0.2) is 0 Å². The monoisotopic (exact) mass is 741 g/mol. The molecule has 0 spiro atoms. The van der Waals surface area contributed by atoms with Gasteiger partial charge in [0.05, 0.1) is 52.9 Å². The Balaban J connectivity index is 1.18. The number of hydrogen-bond acceptors (Lipinski definition) is 13. The maximum Gasteiger partial charge on any atom is 0.251 e. The topological polar surface area (TPSA) is 219 Å². The lowest BCUT2D eigenvalue weighted by Crippen LogP contribution is -2.27. The summed E-state index contributed by atoms with van der Waals surface area (Å²) in [7, 11) is 0. The Morgan fingerprint density at radius 2 is 1.07 bits per heavy atom. The third-order valence-electron chi connectivity index (χ3n) is 7.35. The third-order valence-corrected chi connectivity index (χ3v) is 7.35. The number of rotatable bonds is 27. The van der Waals surface area contributed by atoms with Crippen molar-refractivity contribution in [2.24, 2.45) is 5.11 Å². The van der Waals surface area contributed by atoms with E-state index < -0.39 is 0 Å². The number of azide groups is 1. The number of ether oxygens (including phenoxy) is 4. The van der Waals surface area contributed by atoms with Gasteiger partial charge in [-0.05, 0) is 53.9 Å². The van der Waals surface area contributed by atoms with E-state index >= 15 is 0 Å². The lowest BCUT2D eigenvalue weighted by Gasteiger charge is -2.12. The number of hydrogen-bond donors (Lipinski definition) is 5. The molecule has 1 heterocycles. The van der Waals surface area contributed by atoms with E-state index in [1.54, 1.807) is 36.4 Å². The summed E-state index contributed by atoms with van der Waals surface area (Å²) in [6, 6.07) is 26.1. The molecule has 2 amide bonds. The SMILES string of the molecule is [N-]=[N+]=NCCOCCOCCNC(=O)c1ccc(Nc2nc(NCCOCCOCCNC(=O)c3ccccc3)nc(NCCc3ccccc3)n2)cc1. The molecule has 0 fully saturated rings. The second kappa shape index (κ2) is 25.2. The average Bonchev–Trinajstić information content (AvgIpc) is 3.20. The van der Waals surface area contributed by atoms with Crippen molar-refractivity contribution in [2.75, 3.05) is 102 Å². The fourth-order valence-corrected chi connectivity index (χ4v) is 4.68. The van der Waals surface area contributed by atoms with E-state index in [2.05, 4.69) is 63.7 Å². The lowest BCUT2D eigenvalue weighted by molar-refractivity contribution is 0.0511. The van der Waals surface area contributed by atoms with Crippen LogP contribution in [-0.2, 0) is 25.4 Å². The summed E-state index contributed by atoms with van der Waals surface area (Å²) in [5.41, 5.74) is 11.2. The van der Waals surface area contributed by atoms with Crippen LogP contribution in [0.25, 0.3) is 10.4 Å². The Morgan fingerprint density at radius 1 is 0.574 bits per heavy atom. The summed E-state index contributed by atoms with van der Waals surface area (Å²) in [5, 5.41) is 18.7. The van der Waals surface area contributed by atoms with Gasteiger partial charge in [-0.1, -0.05) is 53.6 Å². The summed E-state index contributed by atoms with van der Waals surface area (Å²) in [4.78, 5) is 40.9. The van der Waals surface area contributed by atoms with Crippen molar-refractivity contribution in [3.8, 4) is 0 Å². The normalized spacial score (nSPS) is 10.6. The number of nitrogens with one attached hydrogen (secondary N) is 5. The highest BCUT2D eigenvalue weighted by Gasteiger charge is 2.10. The molecule has 0 radical (unpaired) electrons. The summed E-state index contributed by atoms with van der Waals surface area (Å²) in [6.07, 6.45) is 0.789. The Bertz CT molecular complexity index is 1710. The number of benzene rings is 3. The molecule has 0 saturated heterocycles. The first kappa shape index (κ1) is 40.9. The van der Waals surface area contributed by atoms with Gasteiger partial charge in [-0.15, -0.1) is 0 Å². The van der Waals surface area contributed by atoms with Crippen LogP contribution in [0.5, 0.6) is 0 Å². The molecule has 0 unspecified atom stereocenters. The molecule has 0 saturated carbocycles. The van der Waals surface area contributed by atoms with Crippen molar-refractivity contribution in [2.45, 2.75) is 6.42 Å². The highest BCUT2D eigenvalue weighted by Crippen LogP contribution is 2.17. The molecule has 0 aliphatic carbocycles. The van der Waals surface area contributed by atoms with E-state index in [0.717, 1.165) is 6.42 Å². The van der Waals surface area contributed by atoms with Crippen molar-refractivity contribution in [3.63, 3.8) is 0 Å². The molecule has 5 N–H and O–H groups in total. The van der Waals surface area contributed by atoms with Crippen molar-refractivity contribution in [1.82, 2.24) is 25.6 Å². The van der Waals surface area contributed by atoms with Crippen LogP contribution in [0.1, 0.15) is 26.3 Å². The smallest absolute Gasteiger partial charge is 0.251 e. The quantitative estimate of drug-likeness (QED) is 0.0251. The Labute approximate surface area is 314 Å². The molecule has 1 aromatic heterocycles. The van der Waals surface area contributed by atoms with E-state index in [0.29, 0.717) is 114 Å². The van der Waals surface area contributed by atoms with Crippen molar-refractivity contribution >= 4 is 35.3 Å². The highest BCUT2D eigenvalue weighted by molar-refractivity contribution is 5.94. The molecule has 0 aliphatic rings. The van der Waals surface area contributed by atoms with Gasteiger partial charge in [0.25, 0.3) is 11.8 Å². The zero-order valence-corrected chi connectivity index (χ0v) is 30.1. The molecule has 17 nitrogen and oxygen atoms in total. The van der Waals surface area contributed by atoms with Crippen LogP contribution in [0.15, 0.2) is 90.0 Å². The minimum atomic E-state index is -0.228. The molecule has 4 rings (SSSR count). The maximum absolute atomic E-state index is 12.6. The fraction of sp³-hybridized carbons (Fsp3) is 0.378. The Hall–Kier alpha value is -5.84. The average molecular weight is 742 g/mol. The highest BCUT2D eigenvalue weighted by atomic mass is 16.5. The van der Waals surface area contributed by atoms with Gasteiger partial charge >= 0.3 is 0 Å². The van der Waals surface area contributed by atoms with Gasteiger partial charge in [0, 0.05) is 54.4 Å². The summed E-state index contributed by atoms with van der Waals surface area (Å²) in [5.74, 6) is 0.720. The van der Waals surface area contributed by atoms with E-state index in [1.165, 1.54) is 5.56 Å². The van der Waals surface area contributed by atoms with Gasteiger partial charge < -0.3 is 45.5 Å². The third kappa shape index (κ3) is 16.7. The van der Waals surface area contributed by atoms with E-state index in [9.17, 15) is 9.59 Å². The van der Waals surface area contributed by atoms with E-state index in [4.69, 9.17) is 24.5 Å². The van der Waals surface area contributed by atoms with Gasteiger partial charge in [0.1, 0.15) is 0 Å². The number of amides is 2. The van der Waals surface area contributed by atoms with Crippen molar-refractivity contribution < 1.29 is 28.5 Å². The van der Waals surface area contributed by atoms with Crippen molar-refractivity contribution in [1.29, 1.82) is 0 Å². The maximum atomic E-state index is 12.6. The largest absolute Gasteiger partial charge is 0.379 e. The van der Waals surface area contributed by atoms with E-state index in [1.807, 2.05) is 36.4 Å². The molecular formula is C37H47N11O6. The Morgan fingerprint density at radius 3 is 1.67 bits per heavy atom. The van der Waals surface area contributed by atoms with Crippen LogP contribution < -0.4 is 26.6 Å². The number of carbonyl (C=O) groups is 2. The number of carbonyl (C=O) groups excluding carboxylic acids is 2. The zero-order valence-electron chi connectivity index (χ0n) is 30.1. The molecule has 3 aromatic carbocycles. The van der Waals surface area contributed by atoms with Crippen LogP contribution in [0.4, 0.5) is 23.5 Å². The van der Waals surface area contributed by atoms with Crippen LogP contribution in [0.2, 0.25) is 0 Å². The van der Waals surface area contributed by atoms with Crippen molar-refractivity contribution in [3.05, 3.63) is 112 Å². The van der Waals surface area contributed by atoms with E-state index in [-0.39, 0.29) is 18.4 Å². The predicted octanol–water partition coefficient (Wildman–Crippen LogP) is 4.22. The molecule has 0 bridgehead atoms. The van der Waals surface area contributed by atoms with Crippen LogP contribution in [0, 0.1) is 0 Å². The second-order valence-electron chi connectivity index (χ2n) is 11.4. The van der Waals surface area contributed by atoms with Crippen LogP contribution >= 0.6 is 0 Å². The fourth-order valence-electron chi connectivity index (χ4n) is 4.68. The first-order chi connectivity index (χ1) is 26.6. The molecular weight excluding hydrogens is 694 g/mol. The number of anilines is 4. The number of aromatic nitrogens is 3. The summed E-state index contributed by atoms with van der Waals surface area (Å²) >= 11 is 0. The Kier molecular flexibility index (Phi) is 19.1. The number of nitrogens with zero attached hydrogens (tertiary/aromatic N) is 6. The molecule has 0 atom stereocenters. The van der Waals surface area contributed by atoms with Gasteiger partial charge in [0.2, 0.25) is 17.8 Å². The predicted molar refractivity (Wildman–Crippen MR) is 205 cm³/mol. The molecule has 54 heavy (non-hydrogen) atoms. The summed E-state index contributed by atoms with van der Waals surface area (Å²) < 4.78 is 22.0. The molecule has 4 aromatic rings. The molecule has 0 aliphatic heterocycles. The standard InChI is InChI=1S/C37H47N11O6/c38-48-43-20-24-54-28-27-52-22-18-40-34(50)31-11-13-32(14-12-31)44-37-46-35(41-16-15-29-7-3-1-4-8-29)45-36(47-37)42-19-23-53-26-25-51-21-17-39-33(49)30-9-5-2-6-10-30/h1-14H,15-28H2,(H,39,49)(H,40,50)(H3,41,42,44,45,46,47). The van der Waals surface area contributed by atoms with Gasteiger partial charge in [-0.3, -0.25) is 9.59 Å². The zero-order chi connectivity index (χ0) is 37.9. The van der Waals surface area contributed by atoms with Gasteiger partial charge in [-0.2, -0.15) is 15.0 Å². The van der Waals surface area contributed by atoms with Crippen LogP contribution in [-0.4, -0.2) is 112 Å². The van der Waals surface area contributed by atoms with Crippen LogP contribution in [0.3, 0.4) is 0 Å². The molecule has 286 valence electrons. The first-order valence-electron chi connectivity index (χ1n) is 17.7. The first-order valence-corrected chi connectivity index (χ1v) is 17.7. The molecule has 17 heteroatoms.